The van der Waals surface area contributed by atoms with Crippen LogP contribution in [0.2, 0.25) is 0 Å². The molecule has 1 aromatic rings. The molecule has 7 heteroatoms. The zero-order valence-corrected chi connectivity index (χ0v) is 16.8. The van der Waals surface area contributed by atoms with Crippen LogP contribution in [-0.2, 0) is 9.59 Å². The van der Waals surface area contributed by atoms with Gasteiger partial charge in [0.2, 0.25) is 17.8 Å². The number of hydrogen-bond acceptors (Lipinski definition) is 6. The number of aromatic nitrogens is 2. The molecule has 3 heterocycles. The van der Waals surface area contributed by atoms with E-state index in [0.29, 0.717) is 12.8 Å². The van der Waals surface area contributed by atoms with E-state index in [4.69, 9.17) is 0 Å². The molecule has 0 radical (unpaired) electrons. The number of amides is 2. The number of imide groups is 1. The summed E-state index contributed by atoms with van der Waals surface area (Å²) < 4.78 is 0. The molecule has 2 aliphatic heterocycles. The second-order valence-corrected chi connectivity index (χ2v) is 8.73. The minimum atomic E-state index is -0.0192. The molecule has 1 atom stereocenters. The van der Waals surface area contributed by atoms with Crippen LogP contribution < -0.4 is 4.90 Å². The van der Waals surface area contributed by atoms with E-state index in [1.54, 1.807) is 17.3 Å². The van der Waals surface area contributed by atoms with Gasteiger partial charge < -0.3 is 4.90 Å². The number of rotatable bonds is 5. The highest BCUT2D eigenvalue weighted by Crippen LogP contribution is 2.47. The zero-order chi connectivity index (χ0) is 19.6. The van der Waals surface area contributed by atoms with Gasteiger partial charge in [0.1, 0.15) is 0 Å². The van der Waals surface area contributed by atoms with Crippen molar-refractivity contribution < 1.29 is 9.59 Å². The van der Waals surface area contributed by atoms with Crippen LogP contribution in [0.5, 0.6) is 0 Å². The van der Waals surface area contributed by atoms with Crippen LogP contribution >= 0.6 is 0 Å². The summed E-state index contributed by atoms with van der Waals surface area (Å²) in [7, 11) is 0. The minimum Gasteiger partial charge on any atom is -0.338 e. The summed E-state index contributed by atoms with van der Waals surface area (Å²) in [5, 5.41) is 0. The van der Waals surface area contributed by atoms with Crippen LogP contribution in [0, 0.1) is 5.41 Å². The van der Waals surface area contributed by atoms with Crippen LogP contribution in [0.15, 0.2) is 18.5 Å². The standard InChI is InChI=1S/C21H31N5O2/c1-17(26-18(27)15-21(16-19(26)28)6-2-3-7-21)5-10-24-11-13-25(14-12-24)20-22-8-4-9-23-20/h4,8-9,17H,2-3,5-7,10-16H2,1H3. The molecule has 152 valence electrons. The van der Waals surface area contributed by atoms with E-state index in [1.807, 2.05) is 13.0 Å². The molecule has 3 aliphatic rings. The summed E-state index contributed by atoms with van der Waals surface area (Å²) in [5.41, 5.74) is -0.0137. The van der Waals surface area contributed by atoms with Gasteiger partial charge in [-0.3, -0.25) is 19.4 Å². The highest BCUT2D eigenvalue weighted by molar-refractivity contribution is 5.99. The molecule has 2 saturated heterocycles. The summed E-state index contributed by atoms with van der Waals surface area (Å²) in [6, 6.07) is 1.81. The van der Waals surface area contributed by atoms with Gasteiger partial charge in [-0.2, -0.15) is 0 Å². The van der Waals surface area contributed by atoms with Crippen molar-refractivity contribution in [1.29, 1.82) is 0 Å². The van der Waals surface area contributed by atoms with Crippen LogP contribution in [0.25, 0.3) is 0 Å². The van der Waals surface area contributed by atoms with Crippen molar-refractivity contribution in [2.45, 2.75) is 57.9 Å². The van der Waals surface area contributed by atoms with Crippen LogP contribution in [-0.4, -0.2) is 70.3 Å². The number of anilines is 1. The second kappa shape index (κ2) is 8.15. The Hall–Kier alpha value is -2.02. The highest BCUT2D eigenvalue weighted by atomic mass is 16.2. The number of likely N-dealkylation sites (tertiary alicyclic amines) is 1. The number of piperazine rings is 1. The fourth-order valence-corrected chi connectivity index (χ4v) is 5.11. The maximum Gasteiger partial charge on any atom is 0.229 e. The lowest BCUT2D eigenvalue weighted by Crippen LogP contribution is -2.52. The molecule has 1 spiro atoms. The highest BCUT2D eigenvalue weighted by Gasteiger charge is 2.46. The largest absolute Gasteiger partial charge is 0.338 e. The van der Waals surface area contributed by atoms with E-state index >= 15 is 0 Å². The Bertz CT molecular complexity index is 676. The number of nitrogens with zero attached hydrogens (tertiary/aromatic N) is 5. The Labute approximate surface area is 167 Å². The molecule has 0 aromatic carbocycles. The summed E-state index contributed by atoms with van der Waals surface area (Å²) in [5.74, 6) is 0.897. The molecule has 0 N–H and O–H groups in total. The molecule has 1 saturated carbocycles. The number of carbonyl (C=O) groups is 2. The third-order valence-corrected chi connectivity index (χ3v) is 6.77. The van der Waals surface area contributed by atoms with Gasteiger partial charge in [0, 0.05) is 64.0 Å². The minimum absolute atomic E-state index is 0.0137. The first kappa shape index (κ1) is 19.3. The fraction of sp³-hybridized carbons (Fsp3) is 0.714. The van der Waals surface area contributed by atoms with Gasteiger partial charge in [0.15, 0.2) is 0 Å². The molecule has 3 fully saturated rings. The van der Waals surface area contributed by atoms with Gasteiger partial charge in [-0.25, -0.2) is 9.97 Å². The number of hydrogen-bond donors (Lipinski definition) is 0. The van der Waals surface area contributed by atoms with Crippen molar-refractivity contribution in [2.75, 3.05) is 37.6 Å². The van der Waals surface area contributed by atoms with Gasteiger partial charge in [0.25, 0.3) is 0 Å². The molecule has 7 nitrogen and oxygen atoms in total. The lowest BCUT2D eigenvalue weighted by Gasteiger charge is -2.40. The molecule has 28 heavy (non-hydrogen) atoms. The third-order valence-electron chi connectivity index (χ3n) is 6.77. The maximum atomic E-state index is 12.7. The molecular formula is C21H31N5O2. The molecule has 1 aromatic heterocycles. The van der Waals surface area contributed by atoms with E-state index in [0.717, 1.165) is 70.8 Å². The summed E-state index contributed by atoms with van der Waals surface area (Å²) in [6.45, 7) is 6.65. The average Bonchev–Trinajstić information content (AvgIpc) is 3.14. The number of carbonyl (C=O) groups excluding carboxylic acids is 2. The van der Waals surface area contributed by atoms with Crippen molar-refractivity contribution in [2.24, 2.45) is 5.41 Å². The smallest absolute Gasteiger partial charge is 0.229 e. The van der Waals surface area contributed by atoms with E-state index in [2.05, 4.69) is 19.8 Å². The molecule has 1 unspecified atom stereocenters. The summed E-state index contributed by atoms with van der Waals surface area (Å²) in [4.78, 5) is 40.3. The lowest BCUT2D eigenvalue weighted by atomic mass is 9.76. The Morgan fingerprint density at radius 2 is 1.61 bits per heavy atom. The Kier molecular flexibility index (Phi) is 5.62. The monoisotopic (exact) mass is 385 g/mol. The van der Waals surface area contributed by atoms with E-state index in [-0.39, 0.29) is 23.3 Å². The Balaban J connectivity index is 1.25. The Morgan fingerprint density at radius 1 is 1.00 bits per heavy atom. The predicted octanol–water partition coefficient (Wildman–Crippen LogP) is 2.09. The first-order chi connectivity index (χ1) is 13.6. The van der Waals surface area contributed by atoms with Crippen molar-refractivity contribution in [1.82, 2.24) is 19.8 Å². The molecule has 0 bridgehead atoms. The maximum absolute atomic E-state index is 12.7. The molecule has 4 rings (SSSR count). The first-order valence-corrected chi connectivity index (χ1v) is 10.7. The van der Waals surface area contributed by atoms with Crippen molar-refractivity contribution in [3.63, 3.8) is 0 Å². The molecule has 1 aliphatic carbocycles. The van der Waals surface area contributed by atoms with E-state index in [9.17, 15) is 9.59 Å². The van der Waals surface area contributed by atoms with Crippen molar-refractivity contribution in [3.8, 4) is 0 Å². The van der Waals surface area contributed by atoms with Gasteiger partial charge >= 0.3 is 0 Å². The Morgan fingerprint density at radius 3 is 2.21 bits per heavy atom. The SMILES string of the molecule is CC(CCN1CCN(c2ncccn2)CC1)N1C(=O)CC2(CCCC2)CC1=O. The van der Waals surface area contributed by atoms with Gasteiger partial charge in [-0.15, -0.1) is 0 Å². The predicted molar refractivity (Wildman–Crippen MR) is 107 cm³/mol. The molecular weight excluding hydrogens is 354 g/mol. The normalized spacial score (nSPS) is 24.2. The average molecular weight is 386 g/mol. The zero-order valence-electron chi connectivity index (χ0n) is 16.8. The van der Waals surface area contributed by atoms with Crippen molar-refractivity contribution >= 4 is 17.8 Å². The van der Waals surface area contributed by atoms with Crippen LogP contribution in [0.1, 0.15) is 51.9 Å². The second-order valence-electron chi connectivity index (χ2n) is 8.73. The lowest BCUT2D eigenvalue weighted by molar-refractivity contribution is -0.156. The van der Waals surface area contributed by atoms with Gasteiger partial charge in [-0.05, 0) is 37.7 Å². The summed E-state index contributed by atoms with van der Waals surface area (Å²) in [6.07, 6.45) is 9.94. The topological polar surface area (TPSA) is 69.6 Å². The van der Waals surface area contributed by atoms with Crippen LogP contribution in [0.4, 0.5) is 5.95 Å². The molecule has 2 amide bonds. The van der Waals surface area contributed by atoms with E-state index in [1.165, 1.54) is 0 Å². The third kappa shape index (κ3) is 4.04. The van der Waals surface area contributed by atoms with Crippen LogP contribution in [0.3, 0.4) is 0 Å². The van der Waals surface area contributed by atoms with E-state index < -0.39 is 0 Å². The fourth-order valence-electron chi connectivity index (χ4n) is 5.11. The quantitative estimate of drug-likeness (QED) is 0.723. The van der Waals surface area contributed by atoms with Gasteiger partial charge in [0.05, 0.1) is 0 Å². The van der Waals surface area contributed by atoms with Crippen molar-refractivity contribution in [3.05, 3.63) is 18.5 Å². The summed E-state index contributed by atoms with van der Waals surface area (Å²) >= 11 is 0. The van der Waals surface area contributed by atoms with Gasteiger partial charge in [-0.1, -0.05) is 12.8 Å². The number of piperidine rings is 1. The first-order valence-electron chi connectivity index (χ1n) is 10.7.